The molecule has 0 aromatic heterocycles. The summed E-state index contributed by atoms with van der Waals surface area (Å²) in [5.74, 6) is 0.413. The molecule has 1 saturated heterocycles. The van der Waals surface area contributed by atoms with Gasteiger partial charge in [-0.05, 0) is 73.1 Å². The largest absolute Gasteiger partial charge is 0.319 e. The second kappa shape index (κ2) is 7.93. The zero-order valence-electron chi connectivity index (χ0n) is 11.4. The van der Waals surface area contributed by atoms with Crippen LogP contribution in [0.15, 0.2) is 29.2 Å². The highest BCUT2D eigenvalue weighted by atomic mass is 127. The fraction of sp³-hybridized carbons (Fsp3) is 0.538. The second-order valence-corrected chi connectivity index (χ2v) is 8.07. The topological polar surface area (TPSA) is 49.4 Å². The Morgan fingerprint density at radius 3 is 2.85 bits per heavy atom. The summed E-state index contributed by atoms with van der Waals surface area (Å²) < 4.78 is 27.8. The second-order valence-electron chi connectivity index (χ2n) is 4.89. The van der Waals surface area contributed by atoms with E-state index in [0.29, 0.717) is 23.9 Å². The molecule has 0 radical (unpaired) electrons. The molecular weight excluding hydrogens is 411 g/mol. The van der Waals surface area contributed by atoms with Gasteiger partial charge in [-0.2, -0.15) is 4.31 Å². The highest BCUT2D eigenvalue weighted by molar-refractivity contribution is 14.1. The Labute approximate surface area is 140 Å². The lowest BCUT2D eigenvalue weighted by molar-refractivity contribution is 0.263. The zero-order valence-corrected chi connectivity index (χ0v) is 15.2. The van der Waals surface area contributed by atoms with Crippen LogP contribution in [0.1, 0.15) is 12.8 Å². The molecule has 1 N–H and O–H groups in total. The van der Waals surface area contributed by atoms with Gasteiger partial charge in [-0.25, -0.2) is 8.42 Å². The molecule has 2 rings (SSSR count). The minimum Gasteiger partial charge on any atom is -0.319 e. The molecule has 4 nitrogen and oxygen atoms in total. The van der Waals surface area contributed by atoms with Gasteiger partial charge in [0.15, 0.2) is 0 Å². The van der Waals surface area contributed by atoms with Gasteiger partial charge in [0.2, 0.25) is 10.0 Å². The first-order valence-corrected chi connectivity index (χ1v) is 8.96. The molecular formula is C13H20ClIN2O2S. The SMILES string of the molecule is CNCC1CCCN(S(=O)(=O)c2cccc(I)c2)C1.Cl. The monoisotopic (exact) mass is 430 g/mol. The van der Waals surface area contributed by atoms with Crippen LogP contribution in [0.4, 0.5) is 0 Å². The van der Waals surface area contributed by atoms with Crippen molar-refractivity contribution in [2.75, 3.05) is 26.7 Å². The van der Waals surface area contributed by atoms with Crippen molar-refractivity contribution in [2.24, 2.45) is 5.92 Å². The van der Waals surface area contributed by atoms with Crippen molar-refractivity contribution in [2.45, 2.75) is 17.7 Å². The molecule has 0 spiro atoms. The van der Waals surface area contributed by atoms with Gasteiger partial charge >= 0.3 is 0 Å². The van der Waals surface area contributed by atoms with E-state index in [1.165, 1.54) is 0 Å². The molecule has 1 aliphatic rings. The lowest BCUT2D eigenvalue weighted by Gasteiger charge is -2.31. The third-order valence-corrected chi connectivity index (χ3v) is 5.94. The molecule has 1 unspecified atom stereocenters. The molecule has 1 atom stereocenters. The normalized spacial score (nSPS) is 20.4. The summed E-state index contributed by atoms with van der Waals surface area (Å²) in [5, 5.41) is 3.14. The maximum atomic E-state index is 12.6. The molecule has 0 saturated carbocycles. The Hall–Kier alpha value is 0.110. The van der Waals surface area contributed by atoms with Crippen LogP contribution < -0.4 is 5.32 Å². The number of sulfonamides is 1. The van der Waals surface area contributed by atoms with Crippen LogP contribution in [0.5, 0.6) is 0 Å². The van der Waals surface area contributed by atoms with Crippen molar-refractivity contribution in [1.29, 1.82) is 0 Å². The van der Waals surface area contributed by atoms with Crippen molar-refractivity contribution < 1.29 is 8.42 Å². The standard InChI is InChI=1S/C13H19IN2O2S.ClH/c1-15-9-11-4-3-7-16(10-11)19(17,18)13-6-2-5-12(14)8-13;/h2,5-6,8,11,15H,3-4,7,9-10H2,1H3;1H. The third kappa shape index (κ3) is 4.30. The summed E-state index contributed by atoms with van der Waals surface area (Å²) in [6.45, 7) is 2.13. The van der Waals surface area contributed by atoms with Crippen molar-refractivity contribution >= 4 is 45.0 Å². The number of nitrogens with zero attached hydrogens (tertiary/aromatic N) is 1. The number of benzene rings is 1. The van der Waals surface area contributed by atoms with Crippen LogP contribution in [-0.4, -0.2) is 39.4 Å². The summed E-state index contributed by atoms with van der Waals surface area (Å²) in [7, 11) is -1.43. The van der Waals surface area contributed by atoms with Crippen LogP contribution in [0.25, 0.3) is 0 Å². The van der Waals surface area contributed by atoms with E-state index >= 15 is 0 Å². The number of hydrogen-bond acceptors (Lipinski definition) is 3. The van der Waals surface area contributed by atoms with Gasteiger partial charge in [0.25, 0.3) is 0 Å². The smallest absolute Gasteiger partial charge is 0.243 e. The number of nitrogens with one attached hydrogen (secondary N) is 1. The van der Waals surface area contributed by atoms with E-state index in [-0.39, 0.29) is 12.4 Å². The fourth-order valence-electron chi connectivity index (χ4n) is 2.48. The third-order valence-electron chi connectivity index (χ3n) is 3.41. The Morgan fingerprint density at radius 2 is 2.20 bits per heavy atom. The van der Waals surface area contributed by atoms with Gasteiger partial charge < -0.3 is 5.32 Å². The van der Waals surface area contributed by atoms with Crippen molar-refractivity contribution in [3.63, 3.8) is 0 Å². The Bertz CT molecular complexity index is 537. The van der Waals surface area contributed by atoms with Crippen LogP contribution in [0, 0.1) is 9.49 Å². The molecule has 114 valence electrons. The van der Waals surface area contributed by atoms with Crippen LogP contribution >= 0.6 is 35.0 Å². The molecule has 0 bridgehead atoms. The van der Waals surface area contributed by atoms with Gasteiger partial charge in [-0.1, -0.05) is 6.07 Å². The fourth-order valence-corrected chi connectivity index (χ4v) is 4.83. The zero-order chi connectivity index (χ0) is 13.9. The van der Waals surface area contributed by atoms with Gasteiger partial charge in [-0.3, -0.25) is 0 Å². The predicted molar refractivity (Wildman–Crippen MR) is 91.8 cm³/mol. The van der Waals surface area contributed by atoms with E-state index in [9.17, 15) is 8.42 Å². The van der Waals surface area contributed by atoms with E-state index in [1.54, 1.807) is 22.5 Å². The van der Waals surface area contributed by atoms with Gasteiger partial charge in [-0.15, -0.1) is 12.4 Å². The molecule has 7 heteroatoms. The Kier molecular flexibility index (Phi) is 7.20. The molecule has 0 aliphatic carbocycles. The summed E-state index contributed by atoms with van der Waals surface area (Å²) >= 11 is 2.14. The summed E-state index contributed by atoms with van der Waals surface area (Å²) in [6, 6.07) is 7.11. The first kappa shape index (κ1) is 18.2. The van der Waals surface area contributed by atoms with E-state index < -0.39 is 10.0 Å². The van der Waals surface area contributed by atoms with Gasteiger partial charge in [0.05, 0.1) is 4.90 Å². The minimum absolute atomic E-state index is 0. The Balaban J connectivity index is 0.00000200. The first-order chi connectivity index (χ1) is 9.04. The molecule has 1 aromatic carbocycles. The number of piperidine rings is 1. The van der Waals surface area contributed by atoms with Crippen LogP contribution in [-0.2, 0) is 10.0 Å². The van der Waals surface area contributed by atoms with Gasteiger partial charge in [0, 0.05) is 16.7 Å². The molecule has 1 aromatic rings. The summed E-state index contributed by atoms with van der Waals surface area (Å²) in [5.41, 5.74) is 0. The summed E-state index contributed by atoms with van der Waals surface area (Å²) in [6.07, 6.45) is 2.04. The lowest BCUT2D eigenvalue weighted by atomic mass is 10.00. The van der Waals surface area contributed by atoms with E-state index in [0.717, 1.165) is 23.0 Å². The number of halogens is 2. The van der Waals surface area contributed by atoms with E-state index in [4.69, 9.17) is 0 Å². The highest BCUT2D eigenvalue weighted by Gasteiger charge is 2.29. The number of rotatable bonds is 4. The Morgan fingerprint density at radius 1 is 1.45 bits per heavy atom. The lowest BCUT2D eigenvalue weighted by Crippen LogP contribution is -2.42. The van der Waals surface area contributed by atoms with Crippen molar-refractivity contribution in [1.82, 2.24) is 9.62 Å². The molecule has 20 heavy (non-hydrogen) atoms. The minimum atomic E-state index is -3.34. The van der Waals surface area contributed by atoms with Crippen molar-refractivity contribution in [3.05, 3.63) is 27.8 Å². The maximum Gasteiger partial charge on any atom is 0.243 e. The molecule has 1 fully saturated rings. The van der Waals surface area contributed by atoms with Crippen LogP contribution in [0.3, 0.4) is 0 Å². The maximum absolute atomic E-state index is 12.6. The first-order valence-electron chi connectivity index (χ1n) is 6.44. The van der Waals surface area contributed by atoms with Crippen molar-refractivity contribution in [3.8, 4) is 0 Å². The summed E-state index contributed by atoms with van der Waals surface area (Å²) in [4.78, 5) is 0.407. The quantitative estimate of drug-likeness (QED) is 0.746. The van der Waals surface area contributed by atoms with E-state index in [1.807, 2.05) is 13.1 Å². The highest BCUT2D eigenvalue weighted by Crippen LogP contribution is 2.24. The molecule has 0 amide bonds. The van der Waals surface area contributed by atoms with Gasteiger partial charge in [0.1, 0.15) is 0 Å². The molecule has 1 aliphatic heterocycles. The predicted octanol–water partition coefficient (Wildman–Crippen LogP) is 2.33. The van der Waals surface area contributed by atoms with E-state index in [2.05, 4.69) is 27.9 Å². The average molecular weight is 431 g/mol. The average Bonchev–Trinajstić information content (AvgIpc) is 2.39. The molecule has 1 heterocycles. The van der Waals surface area contributed by atoms with Crippen LogP contribution in [0.2, 0.25) is 0 Å². The number of hydrogen-bond donors (Lipinski definition) is 1.